The second-order valence-corrected chi connectivity index (χ2v) is 5.84. The Morgan fingerprint density at radius 1 is 1.19 bits per heavy atom. The summed E-state index contributed by atoms with van der Waals surface area (Å²) in [6.45, 7) is 2.87. The number of aryl methyl sites for hydroxylation is 1. The van der Waals surface area contributed by atoms with E-state index in [4.69, 9.17) is 16.3 Å². The minimum atomic E-state index is -0.370. The molecule has 0 unspecified atom stereocenters. The van der Waals surface area contributed by atoms with Crippen molar-refractivity contribution in [1.29, 1.82) is 0 Å². The molecular formula is C17H17ClFNO. The molecule has 21 heavy (non-hydrogen) atoms. The van der Waals surface area contributed by atoms with Gasteiger partial charge in [0.2, 0.25) is 0 Å². The lowest BCUT2D eigenvalue weighted by Gasteiger charge is -2.12. The molecule has 0 bridgehead atoms. The van der Waals surface area contributed by atoms with Gasteiger partial charge in [-0.05, 0) is 55.2 Å². The van der Waals surface area contributed by atoms with Crippen molar-refractivity contribution in [2.24, 2.45) is 0 Å². The molecule has 1 N–H and O–H groups in total. The Balaban J connectivity index is 1.72. The highest BCUT2D eigenvalue weighted by Gasteiger charge is 2.20. The molecule has 0 radical (unpaired) electrons. The molecule has 0 atom stereocenters. The molecule has 4 heteroatoms. The Labute approximate surface area is 128 Å². The lowest BCUT2D eigenvalue weighted by molar-refractivity contribution is 0.477. The van der Waals surface area contributed by atoms with E-state index in [1.165, 1.54) is 30.5 Å². The molecule has 1 aliphatic rings. The van der Waals surface area contributed by atoms with Crippen LogP contribution in [0.4, 0.5) is 4.39 Å². The highest BCUT2D eigenvalue weighted by molar-refractivity contribution is 6.32. The maximum Gasteiger partial charge on any atom is 0.146 e. The van der Waals surface area contributed by atoms with Gasteiger partial charge in [-0.1, -0.05) is 23.7 Å². The van der Waals surface area contributed by atoms with Crippen LogP contribution in [-0.2, 0) is 6.54 Å². The first-order valence-electron chi connectivity index (χ1n) is 7.07. The van der Waals surface area contributed by atoms with E-state index >= 15 is 0 Å². The molecule has 3 rings (SSSR count). The zero-order valence-corrected chi connectivity index (χ0v) is 12.6. The second-order valence-electron chi connectivity index (χ2n) is 5.43. The average molecular weight is 306 g/mol. The Hall–Kier alpha value is -1.58. The van der Waals surface area contributed by atoms with Gasteiger partial charge in [-0.2, -0.15) is 0 Å². The highest BCUT2D eigenvalue weighted by atomic mass is 35.5. The number of rotatable bonds is 5. The van der Waals surface area contributed by atoms with E-state index in [0.29, 0.717) is 11.8 Å². The summed E-state index contributed by atoms with van der Waals surface area (Å²) in [5.74, 6) is 0.828. The van der Waals surface area contributed by atoms with Crippen molar-refractivity contribution in [1.82, 2.24) is 5.32 Å². The standard InChI is InChI=1S/C17H17ClFNO/c1-11-8-12(10-20-14-4-5-14)2-6-16(11)21-17-7-3-13(19)9-15(17)18/h2-3,6-9,14,20H,4-5,10H2,1H3. The van der Waals surface area contributed by atoms with Crippen molar-refractivity contribution in [3.8, 4) is 11.5 Å². The molecule has 1 saturated carbocycles. The lowest BCUT2D eigenvalue weighted by Crippen LogP contribution is -2.15. The van der Waals surface area contributed by atoms with Gasteiger partial charge in [-0.15, -0.1) is 0 Å². The van der Waals surface area contributed by atoms with Gasteiger partial charge in [0, 0.05) is 12.6 Å². The first-order chi connectivity index (χ1) is 10.1. The van der Waals surface area contributed by atoms with Crippen LogP contribution < -0.4 is 10.1 Å². The van der Waals surface area contributed by atoms with Gasteiger partial charge < -0.3 is 10.1 Å². The SMILES string of the molecule is Cc1cc(CNC2CC2)ccc1Oc1ccc(F)cc1Cl. The zero-order chi connectivity index (χ0) is 14.8. The van der Waals surface area contributed by atoms with Crippen LogP contribution in [0.5, 0.6) is 11.5 Å². The topological polar surface area (TPSA) is 21.3 Å². The third-order valence-corrected chi connectivity index (χ3v) is 3.82. The van der Waals surface area contributed by atoms with Gasteiger partial charge in [0.15, 0.2) is 0 Å². The van der Waals surface area contributed by atoms with Crippen LogP contribution in [0.3, 0.4) is 0 Å². The highest BCUT2D eigenvalue weighted by Crippen LogP contribution is 2.32. The van der Waals surface area contributed by atoms with E-state index in [1.807, 2.05) is 19.1 Å². The Morgan fingerprint density at radius 3 is 2.62 bits per heavy atom. The van der Waals surface area contributed by atoms with Crippen LogP contribution in [0.25, 0.3) is 0 Å². The summed E-state index contributed by atoms with van der Waals surface area (Å²) in [6, 6.07) is 10.9. The Morgan fingerprint density at radius 2 is 1.95 bits per heavy atom. The Bertz CT molecular complexity index is 655. The van der Waals surface area contributed by atoms with E-state index in [1.54, 1.807) is 6.07 Å². The van der Waals surface area contributed by atoms with Gasteiger partial charge in [-0.3, -0.25) is 0 Å². The maximum absolute atomic E-state index is 13.0. The quantitative estimate of drug-likeness (QED) is 0.854. The van der Waals surface area contributed by atoms with Crippen LogP contribution in [0, 0.1) is 12.7 Å². The summed E-state index contributed by atoms with van der Waals surface area (Å²) >= 11 is 5.98. The van der Waals surface area contributed by atoms with Crippen molar-refractivity contribution >= 4 is 11.6 Å². The van der Waals surface area contributed by atoms with E-state index in [0.717, 1.165) is 17.9 Å². The number of hydrogen-bond donors (Lipinski definition) is 1. The first kappa shape index (κ1) is 14.4. The van der Waals surface area contributed by atoms with Gasteiger partial charge in [0.25, 0.3) is 0 Å². The van der Waals surface area contributed by atoms with Crippen molar-refractivity contribution in [2.75, 3.05) is 0 Å². The van der Waals surface area contributed by atoms with E-state index in [-0.39, 0.29) is 10.8 Å². The summed E-state index contributed by atoms with van der Waals surface area (Å²) in [4.78, 5) is 0. The summed E-state index contributed by atoms with van der Waals surface area (Å²) in [7, 11) is 0. The third-order valence-electron chi connectivity index (χ3n) is 3.53. The molecule has 0 heterocycles. The van der Waals surface area contributed by atoms with Crippen molar-refractivity contribution in [2.45, 2.75) is 32.4 Å². The average Bonchev–Trinajstić information content (AvgIpc) is 3.26. The summed E-state index contributed by atoms with van der Waals surface area (Å²) < 4.78 is 18.8. The van der Waals surface area contributed by atoms with E-state index in [2.05, 4.69) is 11.4 Å². The van der Waals surface area contributed by atoms with Crippen LogP contribution in [0.2, 0.25) is 5.02 Å². The fraction of sp³-hybridized carbons (Fsp3) is 0.294. The fourth-order valence-electron chi connectivity index (χ4n) is 2.16. The van der Waals surface area contributed by atoms with Crippen molar-refractivity contribution in [3.63, 3.8) is 0 Å². The molecule has 2 aromatic carbocycles. The summed E-state index contributed by atoms with van der Waals surface area (Å²) in [5, 5.41) is 3.75. The number of ether oxygens (including phenoxy) is 1. The number of benzene rings is 2. The molecule has 110 valence electrons. The first-order valence-corrected chi connectivity index (χ1v) is 7.45. The number of halogens is 2. The predicted octanol–water partition coefficient (Wildman–Crippen LogP) is 4.83. The largest absolute Gasteiger partial charge is 0.456 e. The van der Waals surface area contributed by atoms with Crippen LogP contribution >= 0.6 is 11.6 Å². The molecule has 0 saturated heterocycles. The summed E-state index contributed by atoms with van der Waals surface area (Å²) in [5.41, 5.74) is 2.27. The molecule has 0 amide bonds. The predicted molar refractivity (Wildman–Crippen MR) is 82.5 cm³/mol. The molecule has 2 aromatic rings. The smallest absolute Gasteiger partial charge is 0.146 e. The van der Waals surface area contributed by atoms with Crippen molar-refractivity contribution in [3.05, 3.63) is 58.4 Å². The molecule has 0 spiro atoms. The van der Waals surface area contributed by atoms with Crippen LogP contribution in [0.15, 0.2) is 36.4 Å². The van der Waals surface area contributed by atoms with Crippen LogP contribution in [-0.4, -0.2) is 6.04 Å². The Kier molecular flexibility index (Phi) is 4.13. The van der Waals surface area contributed by atoms with Gasteiger partial charge in [0.05, 0.1) is 5.02 Å². The lowest BCUT2D eigenvalue weighted by atomic mass is 10.1. The molecule has 0 aliphatic heterocycles. The number of nitrogens with one attached hydrogen (secondary N) is 1. The van der Waals surface area contributed by atoms with Crippen LogP contribution in [0.1, 0.15) is 24.0 Å². The van der Waals surface area contributed by atoms with E-state index in [9.17, 15) is 4.39 Å². The molecular weight excluding hydrogens is 289 g/mol. The summed E-state index contributed by atoms with van der Waals surface area (Å²) in [6.07, 6.45) is 2.56. The minimum Gasteiger partial charge on any atom is -0.456 e. The van der Waals surface area contributed by atoms with E-state index < -0.39 is 0 Å². The fourth-order valence-corrected chi connectivity index (χ4v) is 2.37. The molecule has 2 nitrogen and oxygen atoms in total. The normalized spacial score (nSPS) is 14.2. The molecule has 1 fully saturated rings. The second kappa shape index (κ2) is 6.04. The zero-order valence-electron chi connectivity index (χ0n) is 11.8. The molecule has 1 aliphatic carbocycles. The molecule has 0 aromatic heterocycles. The maximum atomic E-state index is 13.0. The van der Waals surface area contributed by atoms with Gasteiger partial charge in [-0.25, -0.2) is 4.39 Å². The van der Waals surface area contributed by atoms with Gasteiger partial charge in [0.1, 0.15) is 17.3 Å². The minimum absolute atomic E-state index is 0.272. The third kappa shape index (κ3) is 3.74. The number of hydrogen-bond acceptors (Lipinski definition) is 2. The monoisotopic (exact) mass is 305 g/mol. The van der Waals surface area contributed by atoms with Gasteiger partial charge >= 0.3 is 0 Å². The van der Waals surface area contributed by atoms with Crippen molar-refractivity contribution < 1.29 is 9.13 Å².